The molecular weight excluding hydrogens is 468 g/mol. The number of ether oxygens (including phenoxy) is 2. The smallest absolute Gasteiger partial charge is 0.270 e. The lowest BCUT2D eigenvalue weighted by molar-refractivity contribution is -0.384. The molecular formula is C25H18N4O5S. The molecule has 35 heavy (non-hydrogen) atoms. The van der Waals surface area contributed by atoms with Crippen LogP contribution in [-0.2, 0) is 0 Å². The lowest BCUT2D eigenvalue weighted by Crippen LogP contribution is -2.13. The summed E-state index contributed by atoms with van der Waals surface area (Å²) in [6, 6.07) is 18.8. The second-order valence-corrected chi connectivity index (χ2v) is 8.55. The third kappa shape index (κ3) is 4.22. The van der Waals surface area contributed by atoms with Gasteiger partial charge in [0.15, 0.2) is 5.13 Å². The number of hydrogen-bond donors (Lipinski definition) is 1. The number of aromatic nitrogens is 2. The van der Waals surface area contributed by atoms with Crippen molar-refractivity contribution < 1.29 is 19.2 Å². The summed E-state index contributed by atoms with van der Waals surface area (Å²) in [4.78, 5) is 33.1. The summed E-state index contributed by atoms with van der Waals surface area (Å²) >= 11 is 1.17. The van der Waals surface area contributed by atoms with Crippen LogP contribution in [0.5, 0.6) is 11.5 Å². The summed E-state index contributed by atoms with van der Waals surface area (Å²) in [5, 5.41) is 14.9. The van der Waals surface area contributed by atoms with E-state index in [0.29, 0.717) is 54.6 Å². The van der Waals surface area contributed by atoms with E-state index in [1.807, 2.05) is 30.3 Å². The standard InChI is InChI=1S/C25H18N4O5S/c1-33-15-8-9-17(22(12-15)34-2)21-13-18(16-5-3-4-6-19(16)26-21)24(30)28-25-27-20-10-7-14(29(31)32)11-23(20)35-25/h3-13H,1-2H3,(H,27,28,30). The summed E-state index contributed by atoms with van der Waals surface area (Å²) in [6.07, 6.45) is 0. The fraction of sp³-hybridized carbons (Fsp3) is 0.0800. The van der Waals surface area contributed by atoms with Crippen molar-refractivity contribution in [3.05, 3.63) is 82.4 Å². The highest BCUT2D eigenvalue weighted by molar-refractivity contribution is 7.22. The number of amides is 1. The molecule has 0 saturated heterocycles. The predicted molar refractivity (Wildman–Crippen MR) is 135 cm³/mol. The molecule has 10 heteroatoms. The number of benzene rings is 3. The number of fused-ring (bicyclic) bond motifs is 2. The van der Waals surface area contributed by atoms with Gasteiger partial charge in [-0.3, -0.25) is 20.2 Å². The Kier molecular flexibility index (Phi) is 5.71. The van der Waals surface area contributed by atoms with Crippen LogP contribution in [0, 0.1) is 10.1 Å². The predicted octanol–water partition coefficient (Wildman–Crippen LogP) is 5.69. The van der Waals surface area contributed by atoms with Crippen LogP contribution in [0.25, 0.3) is 32.4 Å². The normalized spacial score (nSPS) is 10.9. The van der Waals surface area contributed by atoms with E-state index in [2.05, 4.69) is 10.3 Å². The molecule has 9 nitrogen and oxygen atoms in total. The maximum absolute atomic E-state index is 13.4. The van der Waals surface area contributed by atoms with Crippen LogP contribution in [-0.4, -0.2) is 35.0 Å². The Hall–Kier alpha value is -4.57. The third-order valence-corrected chi connectivity index (χ3v) is 6.38. The van der Waals surface area contributed by atoms with E-state index in [4.69, 9.17) is 14.5 Å². The number of pyridine rings is 1. The first-order valence-electron chi connectivity index (χ1n) is 10.5. The Bertz CT molecular complexity index is 1610. The Labute approximate surface area is 203 Å². The van der Waals surface area contributed by atoms with Crippen LogP contribution in [0.4, 0.5) is 10.8 Å². The minimum absolute atomic E-state index is 0.0303. The van der Waals surface area contributed by atoms with Crippen molar-refractivity contribution in [1.82, 2.24) is 9.97 Å². The molecule has 2 aromatic heterocycles. The first-order chi connectivity index (χ1) is 17.0. The molecule has 1 N–H and O–H groups in total. The lowest BCUT2D eigenvalue weighted by atomic mass is 10.0. The van der Waals surface area contributed by atoms with Crippen molar-refractivity contribution in [3.63, 3.8) is 0 Å². The van der Waals surface area contributed by atoms with Crippen LogP contribution < -0.4 is 14.8 Å². The van der Waals surface area contributed by atoms with Gasteiger partial charge in [0.2, 0.25) is 0 Å². The highest BCUT2D eigenvalue weighted by Gasteiger charge is 2.18. The van der Waals surface area contributed by atoms with Crippen LogP contribution in [0.1, 0.15) is 10.4 Å². The molecule has 0 spiro atoms. The molecule has 174 valence electrons. The highest BCUT2D eigenvalue weighted by atomic mass is 32.1. The van der Waals surface area contributed by atoms with E-state index in [1.54, 1.807) is 38.5 Å². The van der Waals surface area contributed by atoms with Gasteiger partial charge in [0, 0.05) is 29.1 Å². The number of hydrogen-bond acceptors (Lipinski definition) is 8. The van der Waals surface area contributed by atoms with Crippen LogP contribution in [0.15, 0.2) is 66.7 Å². The molecule has 5 aromatic rings. The molecule has 0 fully saturated rings. The Balaban J connectivity index is 1.56. The number of para-hydroxylation sites is 1. The average Bonchev–Trinajstić information content (AvgIpc) is 3.28. The summed E-state index contributed by atoms with van der Waals surface area (Å²) in [7, 11) is 3.13. The van der Waals surface area contributed by atoms with Crippen LogP contribution >= 0.6 is 11.3 Å². The van der Waals surface area contributed by atoms with Gasteiger partial charge in [-0.1, -0.05) is 29.5 Å². The number of thiazole rings is 1. The number of nitrogens with zero attached hydrogens (tertiary/aromatic N) is 3. The van der Waals surface area contributed by atoms with Crippen molar-refractivity contribution in [3.8, 4) is 22.8 Å². The summed E-state index contributed by atoms with van der Waals surface area (Å²) < 4.78 is 11.4. The maximum Gasteiger partial charge on any atom is 0.270 e. The zero-order valence-electron chi connectivity index (χ0n) is 18.6. The van der Waals surface area contributed by atoms with E-state index in [0.717, 1.165) is 0 Å². The van der Waals surface area contributed by atoms with Gasteiger partial charge in [-0.25, -0.2) is 9.97 Å². The number of methoxy groups -OCH3 is 2. The van der Waals surface area contributed by atoms with E-state index in [1.165, 1.54) is 23.5 Å². The molecule has 0 aliphatic carbocycles. The quantitative estimate of drug-likeness (QED) is 0.242. The fourth-order valence-electron chi connectivity index (χ4n) is 3.76. The maximum atomic E-state index is 13.4. The van der Waals surface area contributed by atoms with Crippen molar-refractivity contribution in [2.75, 3.05) is 19.5 Å². The van der Waals surface area contributed by atoms with E-state index >= 15 is 0 Å². The van der Waals surface area contributed by atoms with Crippen molar-refractivity contribution >= 4 is 49.2 Å². The van der Waals surface area contributed by atoms with E-state index in [-0.39, 0.29) is 11.6 Å². The fourth-order valence-corrected chi connectivity index (χ4v) is 4.65. The minimum atomic E-state index is -0.463. The number of rotatable bonds is 6. The van der Waals surface area contributed by atoms with E-state index < -0.39 is 4.92 Å². The van der Waals surface area contributed by atoms with Gasteiger partial charge in [0.1, 0.15) is 11.5 Å². The van der Waals surface area contributed by atoms with Crippen LogP contribution in [0.3, 0.4) is 0 Å². The highest BCUT2D eigenvalue weighted by Crippen LogP contribution is 2.35. The second-order valence-electron chi connectivity index (χ2n) is 7.52. The summed E-state index contributed by atoms with van der Waals surface area (Å²) in [5.41, 5.74) is 2.87. The molecule has 2 heterocycles. The van der Waals surface area contributed by atoms with Gasteiger partial charge in [-0.05, 0) is 30.3 Å². The molecule has 3 aromatic carbocycles. The minimum Gasteiger partial charge on any atom is -0.497 e. The SMILES string of the molecule is COc1ccc(-c2cc(C(=O)Nc3nc4ccc([N+](=O)[O-])cc4s3)c3ccccc3n2)c(OC)c1. The van der Waals surface area contributed by atoms with E-state index in [9.17, 15) is 14.9 Å². The topological polar surface area (TPSA) is 116 Å². The Morgan fingerprint density at radius 2 is 1.80 bits per heavy atom. The monoisotopic (exact) mass is 486 g/mol. The number of carbonyl (C=O) groups excluding carboxylic acids is 1. The number of non-ortho nitro benzene ring substituents is 1. The first-order valence-corrected chi connectivity index (χ1v) is 11.3. The molecule has 1 amide bonds. The van der Waals surface area contributed by atoms with Crippen molar-refractivity contribution in [2.45, 2.75) is 0 Å². The summed E-state index contributed by atoms with van der Waals surface area (Å²) in [6.45, 7) is 0. The number of anilines is 1. The zero-order valence-corrected chi connectivity index (χ0v) is 19.5. The van der Waals surface area contributed by atoms with Crippen molar-refractivity contribution in [1.29, 1.82) is 0 Å². The number of nitro groups is 1. The van der Waals surface area contributed by atoms with Crippen molar-refractivity contribution in [2.24, 2.45) is 0 Å². The molecule has 0 aliphatic heterocycles. The molecule has 0 radical (unpaired) electrons. The number of nitro benzene ring substituents is 1. The van der Waals surface area contributed by atoms with Gasteiger partial charge in [-0.2, -0.15) is 0 Å². The third-order valence-electron chi connectivity index (χ3n) is 5.45. The molecule has 0 bridgehead atoms. The largest absolute Gasteiger partial charge is 0.497 e. The summed E-state index contributed by atoms with van der Waals surface area (Å²) in [5.74, 6) is 0.831. The van der Waals surface area contributed by atoms with Gasteiger partial charge < -0.3 is 9.47 Å². The molecule has 0 unspecified atom stereocenters. The molecule has 0 saturated carbocycles. The van der Waals surface area contributed by atoms with Gasteiger partial charge in [0.05, 0.1) is 46.1 Å². The first kappa shape index (κ1) is 22.2. The van der Waals surface area contributed by atoms with Gasteiger partial charge in [0.25, 0.3) is 11.6 Å². The van der Waals surface area contributed by atoms with Crippen LogP contribution in [0.2, 0.25) is 0 Å². The Morgan fingerprint density at radius 3 is 2.57 bits per heavy atom. The Morgan fingerprint density at radius 1 is 0.971 bits per heavy atom. The lowest BCUT2D eigenvalue weighted by Gasteiger charge is -2.13. The van der Waals surface area contributed by atoms with Gasteiger partial charge >= 0.3 is 0 Å². The van der Waals surface area contributed by atoms with Gasteiger partial charge in [-0.15, -0.1) is 0 Å². The molecule has 5 rings (SSSR count). The number of nitrogens with one attached hydrogen (secondary N) is 1. The average molecular weight is 487 g/mol. The molecule has 0 aliphatic rings. The number of carbonyl (C=O) groups is 1. The molecule has 0 atom stereocenters. The second kappa shape index (κ2) is 8.99. The zero-order chi connectivity index (χ0) is 24.5.